The quantitative estimate of drug-likeness (QED) is 0.807. The molecule has 6 heteroatoms. The number of ether oxygens (including phenoxy) is 2. The van der Waals surface area contributed by atoms with Crippen LogP contribution in [0.4, 0.5) is 0 Å². The molecule has 0 bridgehead atoms. The summed E-state index contributed by atoms with van der Waals surface area (Å²) in [4.78, 5) is 14.0. The zero-order valence-corrected chi connectivity index (χ0v) is 13.6. The maximum atomic E-state index is 12.0. The summed E-state index contributed by atoms with van der Waals surface area (Å²) in [5.41, 5.74) is 1.00. The fourth-order valence-electron chi connectivity index (χ4n) is 2.18. The Morgan fingerprint density at radius 3 is 2.85 bits per heavy atom. The van der Waals surface area contributed by atoms with E-state index in [0.717, 1.165) is 29.4 Å². The first kappa shape index (κ1) is 15.4. The van der Waals surface area contributed by atoms with Crippen molar-refractivity contribution in [1.29, 1.82) is 0 Å². The van der Waals surface area contributed by atoms with E-state index in [1.54, 1.807) is 37.7 Å². The van der Waals surface area contributed by atoms with E-state index in [1.165, 1.54) is 0 Å². The smallest absolute Gasteiger partial charge is 0.233 e. The van der Waals surface area contributed by atoms with Crippen molar-refractivity contribution >= 4 is 29.4 Å². The summed E-state index contributed by atoms with van der Waals surface area (Å²) < 4.78 is 10.7. The minimum Gasteiger partial charge on any atom is -0.497 e. The highest BCUT2D eigenvalue weighted by Crippen LogP contribution is 2.43. The second-order valence-corrected chi connectivity index (χ2v) is 6.41. The number of benzene rings is 1. The van der Waals surface area contributed by atoms with E-state index in [0.29, 0.717) is 5.75 Å². The highest BCUT2D eigenvalue weighted by atomic mass is 32.2. The van der Waals surface area contributed by atoms with Crippen LogP contribution in [0.15, 0.2) is 18.2 Å². The van der Waals surface area contributed by atoms with Crippen LogP contribution in [0.25, 0.3) is 0 Å². The lowest BCUT2D eigenvalue weighted by Crippen LogP contribution is -2.30. The molecule has 4 nitrogen and oxygen atoms in total. The normalized spacial score (nSPS) is 18.4. The number of carbonyl (C=O) groups is 1. The van der Waals surface area contributed by atoms with Crippen LogP contribution < -0.4 is 9.47 Å². The fraction of sp³-hybridized carbons (Fsp3) is 0.500. The average Bonchev–Trinajstić information content (AvgIpc) is 2.85. The van der Waals surface area contributed by atoms with Gasteiger partial charge in [0.2, 0.25) is 5.91 Å². The van der Waals surface area contributed by atoms with E-state index in [2.05, 4.69) is 6.26 Å². The van der Waals surface area contributed by atoms with Gasteiger partial charge in [0.25, 0.3) is 0 Å². The van der Waals surface area contributed by atoms with Gasteiger partial charge in [-0.2, -0.15) is 11.8 Å². The van der Waals surface area contributed by atoms with Crippen LogP contribution in [-0.4, -0.2) is 49.3 Å². The molecule has 0 radical (unpaired) electrons. The molecule has 1 atom stereocenters. The Hall–Kier alpha value is -1.01. The first-order valence-electron chi connectivity index (χ1n) is 6.33. The van der Waals surface area contributed by atoms with Crippen molar-refractivity contribution < 1.29 is 14.3 Å². The number of hydrogen-bond acceptors (Lipinski definition) is 5. The van der Waals surface area contributed by atoms with Crippen LogP contribution >= 0.6 is 23.5 Å². The van der Waals surface area contributed by atoms with Crippen molar-refractivity contribution in [2.45, 2.75) is 5.37 Å². The third-order valence-electron chi connectivity index (χ3n) is 3.21. The van der Waals surface area contributed by atoms with Crippen molar-refractivity contribution in [3.05, 3.63) is 23.8 Å². The molecular weight excluding hydrogens is 294 g/mol. The van der Waals surface area contributed by atoms with E-state index in [-0.39, 0.29) is 11.3 Å². The Balaban J connectivity index is 2.30. The first-order valence-corrected chi connectivity index (χ1v) is 8.77. The lowest BCUT2D eigenvalue weighted by Gasteiger charge is -2.25. The number of carbonyl (C=O) groups excluding carboxylic acids is 1. The summed E-state index contributed by atoms with van der Waals surface area (Å²) in [6.07, 6.45) is 2.05. The largest absolute Gasteiger partial charge is 0.497 e. The zero-order chi connectivity index (χ0) is 14.5. The standard InChI is InChI=1S/C14H19NO3S2/c1-17-10-4-5-12(18-2)11(8-10)14-15(6-7-19-3)13(16)9-20-14/h4-5,8,14H,6-7,9H2,1-3H3. The SMILES string of the molecule is COc1ccc(OC)c(C2SCC(=O)N2CCSC)c1. The van der Waals surface area contributed by atoms with Gasteiger partial charge in [0, 0.05) is 17.9 Å². The third-order valence-corrected chi connectivity index (χ3v) is 5.04. The average molecular weight is 313 g/mol. The minimum atomic E-state index is 0.0136. The van der Waals surface area contributed by atoms with Gasteiger partial charge < -0.3 is 14.4 Å². The third kappa shape index (κ3) is 3.17. The van der Waals surface area contributed by atoms with Crippen molar-refractivity contribution in [1.82, 2.24) is 4.90 Å². The molecule has 0 N–H and O–H groups in total. The van der Waals surface area contributed by atoms with Crippen molar-refractivity contribution in [3.8, 4) is 11.5 Å². The Morgan fingerprint density at radius 2 is 2.20 bits per heavy atom. The van der Waals surface area contributed by atoms with Gasteiger partial charge in [0.15, 0.2) is 0 Å². The molecular formula is C14H19NO3S2. The maximum absolute atomic E-state index is 12.0. The van der Waals surface area contributed by atoms with Crippen molar-refractivity contribution in [2.24, 2.45) is 0 Å². The van der Waals surface area contributed by atoms with E-state index in [1.807, 2.05) is 23.1 Å². The van der Waals surface area contributed by atoms with Crippen LogP contribution in [0.2, 0.25) is 0 Å². The van der Waals surface area contributed by atoms with Crippen LogP contribution in [0.5, 0.6) is 11.5 Å². The molecule has 0 aromatic heterocycles. The molecule has 1 aliphatic heterocycles. The minimum absolute atomic E-state index is 0.0136. The molecule has 1 aromatic rings. The molecule has 20 heavy (non-hydrogen) atoms. The zero-order valence-electron chi connectivity index (χ0n) is 11.9. The summed E-state index contributed by atoms with van der Waals surface area (Å²) in [6.45, 7) is 0.762. The predicted octanol–water partition coefficient (Wildman–Crippen LogP) is 2.64. The van der Waals surface area contributed by atoms with Crippen LogP contribution in [0, 0.1) is 0 Å². The summed E-state index contributed by atoms with van der Waals surface area (Å²) in [5.74, 6) is 3.24. The van der Waals surface area contributed by atoms with Crippen molar-refractivity contribution in [2.75, 3.05) is 38.5 Å². The molecule has 1 heterocycles. The van der Waals surface area contributed by atoms with Gasteiger partial charge >= 0.3 is 0 Å². The van der Waals surface area contributed by atoms with E-state index in [9.17, 15) is 4.79 Å². The molecule has 0 spiro atoms. The Kier molecular flexibility index (Phi) is 5.48. The molecule has 1 fully saturated rings. The van der Waals surface area contributed by atoms with E-state index >= 15 is 0 Å². The number of rotatable bonds is 6. The monoisotopic (exact) mass is 313 g/mol. The Bertz CT molecular complexity index is 481. The second-order valence-electron chi connectivity index (χ2n) is 4.35. The fourth-order valence-corrected chi connectivity index (χ4v) is 3.79. The highest BCUT2D eigenvalue weighted by molar-refractivity contribution is 8.00. The predicted molar refractivity (Wildman–Crippen MR) is 84.8 cm³/mol. The molecule has 2 rings (SSSR count). The summed E-state index contributed by atoms with van der Waals surface area (Å²) in [7, 11) is 3.29. The molecule has 110 valence electrons. The number of hydrogen-bond donors (Lipinski definition) is 0. The Morgan fingerprint density at radius 1 is 1.40 bits per heavy atom. The molecule has 0 saturated carbocycles. The number of thioether (sulfide) groups is 2. The van der Waals surface area contributed by atoms with Gasteiger partial charge in [-0.25, -0.2) is 0 Å². The molecule has 0 aliphatic carbocycles. The van der Waals surface area contributed by atoms with Gasteiger partial charge in [-0.1, -0.05) is 0 Å². The van der Waals surface area contributed by atoms with Gasteiger partial charge in [0.05, 0.1) is 20.0 Å². The van der Waals surface area contributed by atoms with E-state index < -0.39 is 0 Å². The lowest BCUT2D eigenvalue weighted by molar-refractivity contribution is -0.127. The van der Waals surface area contributed by atoms with Gasteiger partial charge in [-0.3, -0.25) is 4.79 Å². The summed E-state index contributed by atoms with van der Waals surface area (Å²) in [6, 6.07) is 5.72. The number of methoxy groups -OCH3 is 2. The van der Waals surface area contributed by atoms with Crippen LogP contribution in [0.3, 0.4) is 0 Å². The van der Waals surface area contributed by atoms with Crippen LogP contribution in [0.1, 0.15) is 10.9 Å². The molecule has 1 aliphatic rings. The number of nitrogens with zero attached hydrogens (tertiary/aromatic N) is 1. The maximum Gasteiger partial charge on any atom is 0.233 e. The number of amides is 1. The first-order chi connectivity index (χ1) is 9.71. The summed E-state index contributed by atoms with van der Waals surface area (Å²) in [5, 5.41) is 0.0136. The molecule has 1 aromatic carbocycles. The van der Waals surface area contributed by atoms with Gasteiger partial charge in [0.1, 0.15) is 16.9 Å². The topological polar surface area (TPSA) is 38.8 Å². The van der Waals surface area contributed by atoms with Crippen molar-refractivity contribution in [3.63, 3.8) is 0 Å². The second kappa shape index (κ2) is 7.13. The molecule has 1 unspecified atom stereocenters. The summed E-state index contributed by atoms with van der Waals surface area (Å²) >= 11 is 3.39. The van der Waals surface area contributed by atoms with Gasteiger partial charge in [-0.15, -0.1) is 11.8 Å². The molecule has 1 saturated heterocycles. The molecule has 1 amide bonds. The highest BCUT2D eigenvalue weighted by Gasteiger charge is 2.34. The van der Waals surface area contributed by atoms with Gasteiger partial charge in [-0.05, 0) is 24.5 Å². The lowest BCUT2D eigenvalue weighted by atomic mass is 10.1. The van der Waals surface area contributed by atoms with Crippen LogP contribution in [-0.2, 0) is 4.79 Å². The Labute approximate surface area is 128 Å². The van der Waals surface area contributed by atoms with E-state index in [4.69, 9.17) is 9.47 Å².